The van der Waals surface area contributed by atoms with Gasteiger partial charge in [0.05, 0.1) is 4.88 Å². The molecule has 1 aromatic rings. The predicted octanol–water partition coefficient (Wildman–Crippen LogP) is 5.24. The Morgan fingerprint density at radius 2 is 2.06 bits per heavy atom. The summed E-state index contributed by atoms with van der Waals surface area (Å²) in [5.41, 5.74) is 1.46. The van der Waals surface area contributed by atoms with Gasteiger partial charge in [0, 0.05) is 6.42 Å². The van der Waals surface area contributed by atoms with Gasteiger partial charge < -0.3 is 0 Å². The van der Waals surface area contributed by atoms with Gasteiger partial charge in [-0.2, -0.15) is 0 Å². The molecule has 0 aliphatic rings. The van der Waals surface area contributed by atoms with Crippen molar-refractivity contribution < 1.29 is 4.79 Å². The lowest BCUT2D eigenvalue weighted by Crippen LogP contribution is -1.97. The van der Waals surface area contributed by atoms with Crippen LogP contribution in [0.15, 0.2) is 29.2 Å². The van der Waals surface area contributed by atoms with E-state index in [1.807, 2.05) is 17.5 Å². The number of unbranched alkanes of at least 4 members (excludes halogenated alkanes) is 1. The number of carbonyl (C=O) groups excluding carboxylic acids is 1. The lowest BCUT2D eigenvalue weighted by Gasteiger charge is -2.05. The van der Waals surface area contributed by atoms with Crippen molar-refractivity contribution in [3.05, 3.63) is 34.0 Å². The summed E-state index contributed by atoms with van der Waals surface area (Å²) in [6.07, 6.45) is 8.56. The highest BCUT2D eigenvalue weighted by Gasteiger charge is 2.07. The summed E-state index contributed by atoms with van der Waals surface area (Å²) < 4.78 is 0. The van der Waals surface area contributed by atoms with Gasteiger partial charge in [-0.15, -0.1) is 11.3 Å². The minimum Gasteiger partial charge on any atom is -0.293 e. The van der Waals surface area contributed by atoms with E-state index in [0.717, 1.165) is 24.1 Å². The first-order chi connectivity index (χ1) is 8.27. The van der Waals surface area contributed by atoms with Crippen LogP contribution in [-0.4, -0.2) is 5.78 Å². The minimum absolute atomic E-state index is 0.290. The third kappa shape index (κ3) is 5.31. The molecule has 0 aromatic carbocycles. The molecule has 1 aromatic heterocycles. The lowest BCUT2D eigenvalue weighted by atomic mass is 10.0. The van der Waals surface area contributed by atoms with Crippen LogP contribution in [0, 0.1) is 0 Å². The van der Waals surface area contributed by atoms with Crippen LogP contribution in [0.3, 0.4) is 0 Å². The van der Waals surface area contributed by atoms with E-state index in [0.29, 0.717) is 12.2 Å². The number of thiophene rings is 1. The van der Waals surface area contributed by atoms with E-state index in [4.69, 9.17) is 0 Å². The molecular weight excluding hydrogens is 228 g/mol. The first-order valence-electron chi connectivity index (χ1n) is 6.52. The van der Waals surface area contributed by atoms with Crippen molar-refractivity contribution in [3.8, 4) is 0 Å². The smallest absolute Gasteiger partial charge is 0.173 e. The first kappa shape index (κ1) is 14.2. The van der Waals surface area contributed by atoms with Crippen molar-refractivity contribution in [3.63, 3.8) is 0 Å². The maximum atomic E-state index is 11.9. The molecule has 17 heavy (non-hydrogen) atoms. The molecule has 0 aliphatic carbocycles. The SMILES string of the molecule is CCC/C=C(\CCC)CCC(=O)c1cccs1. The topological polar surface area (TPSA) is 17.1 Å². The second-order valence-corrected chi connectivity index (χ2v) is 5.25. The van der Waals surface area contributed by atoms with E-state index in [1.54, 1.807) is 11.3 Å². The maximum Gasteiger partial charge on any atom is 0.173 e. The van der Waals surface area contributed by atoms with Crippen molar-refractivity contribution in [1.82, 2.24) is 0 Å². The van der Waals surface area contributed by atoms with Crippen LogP contribution in [0.25, 0.3) is 0 Å². The standard InChI is InChI=1S/C15H22OS/c1-3-5-8-13(7-4-2)10-11-14(16)15-9-6-12-17-15/h6,8-9,12H,3-5,7,10-11H2,1-2H3/b13-8+. The van der Waals surface area contributed by atoms with Gasteiger partial charge in [-0.1, -0.05) is 44.4 Å². The zero-order chi connectivity index (χ0) is 12.5. The molecule has 0 amide bonds. The highest BCUT2D eigenvalue weighted by atomic mass is 32.1. The summed E-state index contributed by atoms with van der Waals surface area (Å²) in [5, 5.41) is 1.97. The zero-order valence-corrected chi connectivity index (χ0v) is 11.7. The van der Waals surface area contributed by atoms with Crippen molar-refractivity contribution in [2.45, 2.75) is 52.4 Å². The number of carbonyl (C=O) groups is 1. The first-order valence-corrected chi connectivity index (χ1v) is 7.40. The van der Waals surface area contributed by atoms with Crippen molar-refractivity contribution in [2.75, 3.05) is 0 Å². The summed E-state index contributed by atoms with van der Waals surface area (Å²) in [6, 6.07) is 3.86. The maximum absolute atomic E-state index is 11.9. The molecule has 0 fully saturated rings. The Balaban J connectivity index is 2.43. The molecule has 1 heterocycles. The number of Topliss-reactive ketones (excluding diaryl/α,β-unsaturated/α-hetero) is 1. The van der Waals surface area contributed by atoms with E-state index >= 15 is 0 Å². The van der Waals surface area contributed by atoms with Crippen LogP contribution in [0.1, 0.15) is 62.0 Å². The van der Waals surface area contributed by atoms with Crippen molar-refractivity contribution in [1.29, 1.82) is 0 Å². The summed E-state index contributed by atoms with van der Waals surface area (Å²) in [4.78, 5) is 12.8. The van der Waals surface area contributed by atoms with Gasteiger partial charge >= 0.3 is 0 Å². The summed E-state index contributed by atoms with van der Waals surface area (Å²) in [6.45, 7) is 4.39. The van der Waals surface area contributed by atoms with Crippen molar-refractivity contribution >= 4 is 17.1 Å². The Morgan fingerprint density at radius 3 is 2.65 bits per heavy atom. The van der Waals surface area contributed by atoms with Gasteiger partial charge in [-0.25, -0.2) is 0 Å². The molecule has 0 aliphatic heterocycles. The Labute approximate surface area is 109 Å². The normalized spacial score (nSPS) is 11.8. The van der Waals surface area contributed by atoms with E-state index in [9.17, 15) is 4.79 Å². The molecule has 0 unspecified atom stereocenters. The molecule has 0 bridgehead atoms. The number of ketones is 1. The average molecular weight is 250 g/mol. The molecule has 0 saturated heterocycles. The third-order valence-corrected chi connectivity index (χ3v) is 3.67. The van der Waals surface area contributed by atoms with Gasteiger partial charge in [0.2, 0.25) is 0 Å². The van der Waals surface area contributed by atoms with Crippen LogP contribution >= 0.6 is 11.3 Å². The summed E-state index contributed by atoms with van der Waals surface area (Å²) in [7, 11) is 0. The highest BCUT2D eigenvalue weighted by molar-refractivity contribution is 7.12. The molecule has 0 atom stereocenters. The van der Waals surface area contributed by atoms with Crippen LogP contribution in [-0.2, 0) is 0 Å². The van der Waals surface area contributed by atoms with Gasteiger partial charge in [0.25, 0.3) is 0 Å². The summed E-state index contributed by atoms with van der Waals surface area (Å²) in [5.74, 6) is 0.290. The average Bonchev–Trinajstić information content (AvgIpc) is 2.86. The predicted molar refractivity (Wildman–Crippen MR) is 75.8 cm³/mol. The van der Waals surface area contributed by atoms with E-state index in [-0.39, 0.29) is 0 Å². The van der Waals surface area contributed by atoms with Crippen LogP contribution in [0.4, 0.5) is 0 Å². The number of rotatable bonds is 8. The van der Waals surface area contributed by atoms with E-state index in [1.165, 1.54) is 18.4 Å². The van der Waals surface area contributed by atoms with Crippen LogP contribution in [0.2, 0.25) is 0 Å². The Bertz CT molecular complexity index is 349. The largest absolute Gasteiger partial charge is 0.293 e. The second kappa shape index (κ2) is 8.24. The summed E-state index contributed by atoms with van der Waals surface area (Å²) >= 11 is 1.54. The second-order valence-electron chi connectivity index (χ2n) is 4.30. The van der Waals surface area contributed by atoms with Crippen LogP contribution in [0.5, 0.6) is 0 Å². The molecule has 94 valence electrons. The molecular formula is C15H22OS. The molecule has 2 heteroatoms. The van der Waals surface area contributed by atoms with Gasteiger partial charge in [0.1, 0.15) is 0 Å². The molecule has 0 N–H and O–H groups in total. The van der Waals surface area contributed by atoms with Gasteiger partial charge in [-0.05, 0) is 30.7 Å². The third-order valence-electron chi connectivity index (χ3n) is 2.76. The molecule has 1 rings (SSSR count). The highest BCUT2D eigenvalue weighted by Crippen LogP contribution is 2.18. The number of hydrogen-bond acceptors (Lipinski definition) is 2. The minimum atomic E-state index is 0.290. The quantitative estimate of drug-likeness (QED) is 0.455. The fraction of sp³-hybridized carbons (Fsp3) is 0.533. The Morgan fingerprint density at radius 1 is 1.24 bits per heavy atom. The molecule has 0 spiro atoms. The van der Waals surface area contributed by atoms with Crippen LogP contribution < -0.4 is 0 Å². The van der Waals surface area contributed by atoms with Crippen molar-refractivity contribution in [2.24, 2.45) is 0 Å². The zero-order valence-electron chi connectivity index (χ0n) is 10.9. The number of allylic oxidation sites excluding steroid dienone is 2. The number of hydrogen-bond donors (Lipinski definition) is 0. The van der Waals surface area contributed by atoms with E-state index in [2.05, 4.69) is 19.9 Å². The van der Waals surface area contributed by atoms with E-state index < -0.39 is 0 Å². The lowest BCUT2D eigenvalue weighted by molar-refractivity contribution is 0.0986. The fourth-order valence-electron chi connectivity index (χ4n) is 1.83. The fourth-order valence-corrected chi connectivity index (χ4v) is 2.53. The molecule has 1 nitrogen and oxygen atoms in total. The van der Waals surface area contributed by atoms with Gasteiger partial charge in [0.15, 0.2) is 5.78 Å². The molecule has 0 saturated carbocycles. The Kier molecular flexibility index (Phi) is 6.87. The Hall–Kier alpha value is -0.890. The monoisotopic (exact) mass is 250 g/mol. The van der Waals surface area contributed by atoms with Gasteiger partial charge in [-0.3, -0.25) is 4.79 Å². The molecule has 0 radical (unpaired) electrons.